The maximum atomic E-state index is 12.8. The standard InChI is InChI=1S/C15H15F3N2O2/c1-21-11-5-3-10(4-6-11)9-19-14-8-12(22-2)7-13(20-14)15(16,17)18/h3-8H,9H2,1-2H3,(H,19,20). The molecule has 1 N–H and O–H groups in total. The van der Waals surface area contributed by atoms with Crippen molar-refractivity contribution in [2.75, 3.05) is 19.5 Å². The lowest BCUT2D eigenvalue weighted by molar-refractivity contribution is -0.141. The van der Waals surface area contributed by atoms with Crippen molar-refractivity contribution in [3.05, 3.63) is 47.7 Å². The highest BCUT2D eigenvalue weighted by Crippen LogP contribution is 2.31. The number of alkyl halides is 3. The summed E-state index contributed by atoms with van der Waals surface area (Å²) >= 11 is 0. The van der Waals surface area contributed by atoms with Crippen molar-refractivity contribution in [2.24, 2.45) is 0 Å². The second-order valence-electron chi connectivity index (χ2n) is 4.48. The zero-order valence-corrected chi connectivity index (χ0v) is 12.1. The van der Waals surface area contributed by atoms with E-state index in [9.17, 15) is 13.2 Å². The fourth-order valence-electron chi connectivity index (χ4n) is 1.80. The van der Waals surface area contributed by atoms with Gasteiger partial charge in [0, 0.05) is 18.7 Å². The maximum absolute atomic E-state index is 12.8. The van der Waals surface area contributed by atoms with Crippen LogP contribution in [0.5, 0.6) is 11.5 Å². The molecule has 0 radical (unpaired) electrons. The Morgan fingerprint density at radius 3 is 2.18 bits per heavy atom. The number of ether oxygens (including phenoxy) is 2. The molecule has 22 heavy (non-hydrogen) atoms. The Morgan fingerprint density at radius 2 is 1.64 bits per heavy atom. The van der Waals surface area contributed by atoms with E-state index in [1.807, 2.05) is 12.1 Å². The molecular weight excluding hydrogens is 297 g/mol. The third-order valence-electron chi connectivity index (χ3n) is 2.96. The fraction of sp³-hybridized carbons (Fsp3) is 0.267. The predicted octanol–water partition coefficient (Wildman–Crippen LogP) is 3.73. The lowest BCUT2D eigenvalue weighted by Gasteiger charge is -2.12. The number of pyridine rings is 1. The third-order valence-corrected chi connectivity index (χ3v) is 2.96. The van der Waals surface area contributed by atoms with E-state index >= 15 is 0 Å². The van der Waals surface area contributed by atoms with Gasteiger partial charge in [0.05, 0.1) is 14.2 Å². The first kappa shape index (κ1) is 15.9. The monoisotopic (exact) mass is 312 g/mol. The molecule has 0 fully saturated rings. The molecule has 0 aliphatic heterocycles. The molecule has 0 aliphatic rings. The van der Waals surface area contributed by atoms with E-state index in [0.29, 0.717) is 12.3 Å². The van der Waals surface area contributed by atoms with Gasteiger partial charge in [-0.2, -0.15) is 13.2 Å². The van der Waals surface area contributed by atoms with Gasteiger partial charge < -0.3 is 14.8 Å². The molecular formula is C15H15F3N2O2. The quantitative estimate of drug-likeness (QED) is 0.913. The van der Waals surface area contributed by atoms with Gasteiger partial charge in [0.1, 0.15) is 17.3 Å². The lowest BCUT2D eigenvalue weighted by Crippen LogP contribution is -2.11. The summed E-state index contributed by atoms with van der Waals surface area (Å²) < 4.78 is 48.2. The summed E-state index contributed by atoms with van der Waals surface area (Å²) in [5, 5.41) is 2.85. The van der Waals surface area contributed by atoms with Gasteiger partial charge >= 0.3 is 6.18 Å². The van der Waals surface area contributed by atoms with E-state index < -0.39 is 11.9 Å². The molecule has 2 aromatic rings. The summed E-state index contributed by atoms with van der Waals surface area (Å²) in [5.74, 6) is 0.907. The summed E-state index contributed by atoms with van der Waals surface area (Å²) in [6.45, 7) is 0.335. The minimum atomic E-state index is -4.52. The van der Waals surface area contributed by atoms with Crippen molar-refractivity contribution in [3.63, 3.8) is 0 Å². The molecule has 0 amide bonds. The summed E-state index contributed by atoms with van der Waals surface area (Å²) in [4.78, 5) is 3.56. The zero-order valence-electron chi connectivity index (χ0n) is 12.1. The van der Waals surface area contributed by atoms with E-state index in [-0.39, 0.29) is 11.6 Å². The number of hydrogen-bond donors (Lipinski definition) is 1. The normalized spacial score (nSPS) is 11.1. The predicted molar refractivity (Wildman–Crippen MR) is 76.1 cm³/mol. The Kier molecular flexibility index (Phi) is 4.75. The number of anilines is 1. The molecule has 4 nitrogen and oxygen atoms in total. The topological polar surface area (TPSA) is 43.4 Å². The Bertz CT molecular complexity index is 628. The van der Waals surface area contributed by atoms with Gasteiger partial charge in [0.2, 0.25) is 0 Å². The van der Waals surface area contributed by atoms with Crippen molar-refractivity contribution in [1.82, 2.24) is 4.98 Å². The molecule has 0 unspecified atom stereocenters. The second kappa shape index (κ2) is 6.55. The molecule has 0 bridgehead atoms. The molecule has 0 aliphatic carbocycles. The molecule has 0 saturated carbocycles. The highest BCUT2D eigenvalue weighted by molar-refractivity contribution is 5.44. The summed E-state index contributed by atoms with van der Waals surface area (Å²) in [7, 11) is 2.87. The Hall–Kier alpha value is -2.44. The van der Waals surface area contributed by atoms with Crippen molar-refractivity contribution < 1.29 is 22.6 Å². The highest BCUT2D eigenvalue weighted by atomic mass is 19.4. The summed E-state index contributed by atoms with van der Waals surface area (Å²) in [6, 6.07) is 9.46. The largest absolute Gasteiger partial charge is 0.497 e. The van der Waals surface area contributed by atoms with Gasteiger partial charge in [-0.25, -0.2) is 4.98 Å². The second-order valence-corrected chi connectivity index (χ2v) is 4.48. The van der Waals surface area contributed by atoms with Crippen LogP contribution in [0.2, 0.25) is 0 Å². The minimum absolute atomic E-state index is 0.0968. The molecule has 0 spiro atoms. The van der Waals surface area contributed by atoms with Crippen LogP contribution in [0.3, 0.4) is 0 Å². The van der Waals surface area contributed by atoms with Crippen LogP contribution < -0.4 is 14.8 Å². The molecule has 0 saturated heterocycles. The third kappa shape index (κ3) is 4.03. The first-order chi connectivity index (χ1) is 10.4. The van der Waals surface area contributed by atoms with Gasteiger partial charge in [0.25, 0.3) is 0 Å². The van der Waals surface area contributed by atoms with Gasteiger partial charge in [-0.05, 0) is 17.7 Å². The molecule has 2 rings (SSSR count). The van der Waals surface area contributed by atoms with E-state index in [4.69, 9.17) is 9.47 Å². The van der Waals surface area contributed by atoms with E-state index in [2.05, 4.69) is 10.3 Å². The van der Waals surface area contributed by atoms with Crippen LogP contribution in [0.1, 0.15) is 11.3 Å². The average molecular weight is 312 g/mol. The number of halogens is 3. The van der Waals surface area contributed by atoms with Gasteiger partial charge in [0.15, 0.2) is 5.69 Å². The van der Waals surface area contributed by atoms with E-state index in [1.165, 1.54) is 13.2 Å². The molecule has 7 heteroatoms. The number of benzene rings is 1. The number of nitrogens with zero attached hydrogens (tertiary/aromatic N) is 1. The van der Waals surface area contributed by atoms with E-state index in [0.717, 1.165) is 11.6 Å². The van der Waals surface area contributed by atoms with Crippen LogP contribution in [0.4, 0.5) is 19.0 Å². The molecule has 0 atom stereocenters. The number of methoxy groups -OCH3 is 2. The molecule has 1 aromatic heterocycles. The zero-order chi connectivity index (χ0) is 16.2. The van der Waals surface area contributed by atoms with Crippen LogP contribution in [0.15, 0.2) is 36.4 Å². The Balaban J connectivity index is 2.14. The number of hydrogen-bond acceptors (Lipinski definition) is 4. The number of rotatable bonds is 5. The Labute approximate surface area is 125 Å². The fourth-order valence-corrected chi connectivity index (χ4v) is 1.80. The number of nitrogens with one attached hydrogen (secondary N) is 1. The van der Waals surface area contributed by atoms with Crippen LogP contribution in [-0.2, 0) is 12.7 Å². The molecule has 118 valence electrons. The SMILES string of the molecule is COc1ccc(CNc2cc(OC)cc(C(F)(F)F)n2)cc1. The highest BCUT2D eigenvalue weighted by Gasteiger charge is 2.33. The average Bonchev–Trinajstić information content (AvgIpc) is 2.52. The molecule has 1 heterocycles. The van der Waals surface area contributed by atoms with Crippen LogP contribution >= 0.6 is 0 Å². The van der Waals surface area contributed by atoms with Crippen LogP contribution in [-0.4, -0.2) is 19.2 Å². The summed E-state index contributed by atoms with van der Waals surface area (Å²) in [5.41, 5.74) is -0.108. The van der Waals surface area contributed by atoms with Gasteiger partial charge in [-0.3, -0.25) is 0 Å². The first-order valence-electron chi connectivity index (χ1n) is 6.42. The minimum Gasteiger partial charge on any atom is -0.497 e. The van der Waals surface area contributed by atoms with Crippen molar-refractivity contribution >= 4 is 5.82 Å². The van der Waals surface area contributed by atoms with Crippen LogP contribution in [0.25, 0.3) is 0 Å². The Morgan fingerprint density at radius 1 is 1.00 bits per heavy atom. The van der Waals surface area contributed by atoms with Crippen molar-refractivity contribution in [2.45, 2.75) is 12.7 Å². The van der Waals surface area contributed by atoms with Crippen molar-refractivity contribution in [3.8, 4) is 11.5 Å². The first-order valence-corrected chi connectivity index (χ1v) is 6.42. The van der Waals surface area contributed by atoms with Crippen LogP contribution in [0, 0.1) is 0 Å². The summed E-state index contributed by atoms with van der Waals surface area (Å²) in [6.07, 6.45) is -4.52. The van der Waals surface area contributed by atoms with Gasteiger partial charge in [-0.15, -0.1) is 0 Å². The van der Waals surface area contributed by atoms with Gasteiger partial charge in [-0.1, -0.05) is 12.1 Å². The maximum Gasteiger partial charge on any atom is 0.433 e. The molecule has 1 aromatic carbocycles. The van der Waals surface area contributed by atoms with Crippen molar-refractivity contribution in [1.29, 1.82) is 0 Å². The lowest BCUT2D eigenvalue weighted by atomic mass is 10.2. The smallest absolute Gasteiger partial charge is 0.433 e. The van der Waals surface area contributed by atoms with E-state index in [1.54, 1.807) is 19.2 Å². The number of aromatic nitrogens is 1.